The Labute approximate surface area is 165 Å². The van der Waals surface area contributed by atoms with E-state index in [-0.39, 0.29) is 12.2 Å². The lowest BCUT2D eigenvalue weighted by Crippen LogP contribution is -2.37. The second-order valence-corrected chi connectivity index (χ2v) is 7.50. The first-order chi connectivity index (χ1) is 13.6. The van der Waals surface area contributed by atoms with E-state index in [1.54, 1.807) is 0 Å². The second-order valence-electron chi connectivity index (χ2n) is 7.50. The fourth-order valence-electron chi connectivity index (χ4n) is 3.80. The van der Waals surface area contributed by atoms with Gasteiger partial charge in [-0.05, 0) is 36.1 Å². The summed E-state index contributed by atoms with van der Waals surface area (Å²) in [5.41, 5.74) is 10.7. The molecule has 1 aromatic heterocycles. The molecule has 0 saturated carbocycles. The molecule has 2 aromatic rings. The van der Waals surface area contributed by atoms with Gasteiger partial charge >= 0.3 is 6.01 Å². The first-order valence-electron chi connectivity index (χ1n) is 10.0. The van der Waals surface area contributed by atoms with Gasteiger partial charge in [0.15, 0.2) is 5.78 Å². The summed E-state index contributed by atoms with van der Waals surface area (Å²) in [6.45, 7) is 5.52. The zero-order valence-electron chi connectivity index (χ0n) is 16.3. The Bertz CT molecular complexity index is 883. The Balaban J connectivity index is 1.60. The van der Waals surface area contributed by atoms with Gasteiger partial charge in [0.05, 0.1) is 13.2 Å². The predicted molar refractivity (Wildman–Crippen MR) is 108 cm³/mol. The highest BCUT2D eigenvalue weighted by molar-refractivity contribution is 5.91. The van der Waals surface area contributed by atoms with Crippen LogP contribution in [0.3, 0.4) is 0 Å². The molecule has 0 fully saturated rings. The fourth-order valence-corrected chi connectivity index (χ4v) is 3.80. The van der Waals surface area contributed by atoms with Crippen molar-refractivity contribution in [3.05, 3.63) is 40.5 Å². The monoisotopic (exact) mass is 381 g/mol. The van der Waals surface area contributed by atoms with Gasteiger partial charge in [0.2, 0.25) is 0 Å². The minimum atomic E-state index is 0.127. The maximum Gasteiger partial charge on any atom is 0.320 e. The van der Waals surface area contributed by atoms with Crippen LogP contribution in [0.5, 0.6) is 6.01 Å². The number of nitrogens with zero attached hydrogens (tertiary/aromatic N) is 3. The van der Waals surface area contributed by atoms with E-state index in [4.69, 9.17) is 10.5 Å². The third-order valence-electron chi connectivity index (χ3n) is 5.30. The number of nitrogen functional groups attached to an aromatic ring is 1. The van der Waals surface area contributed by atoms with E-state index in [2.05, 4.69) is 40.4 Å². The van der Waals surface area contributed by atoms with Crippen LogP contribution >= 0.6 is 0 Å². The number of nitrogens with one attached hydrogen (secondary N) is 1. The first kappa shape index (κ1) is 18.7. The Morgan fingerprint density at radius 1 is 1.29 bits per heavy atom. The molecule has 0 radical (unpaired) electrons. The molecule has 28 heavy (non-hydrogen) atoms. The smallest absolute Gasteiger partial charge is 0.320 e. The summed E-state index contributed by atoms with van der Waals surface area (Å²) in [5, 5.41) is 3.41. The molecule has 1 aromatic carbocycles. The first-order valence-corrected chi connectivity index (χ1v) is 10.0. The molecule has 148 valence electrons. The molecule has 4 rings (SSSR count). The lowest BCUT2D eigenvalue weighted by molar-refractivity contribution is -0.117. The van der Waals surface area contributed by atoms with Crippen LogP contribution in [0.25, 0.3) is 0 Å². The predicted octanol–water partition coefficient (Wildman–Crippen LogP) is 2.02. The summed E-state index contributed by atoms with van der Waals surface area (Å²) in [5.74, 6) is 1.18. The van der Waals surface area contributed by atoms with E-state index >= 15 is 0 Å². The van der Waals surface area contributed by atoms with E-state index < -0.39 is 0 Å². The Hall–Kier alpha value is -2.67. The summed E-state index contributed by atoms with van der Waals surface area (Å²) in [4.78, 5) is 23.1. The summed E-state index contributed by atoms with van der Waals surface area (Å²) in [6.07, 6.45) is 3.31. The van der Waals surface area contributed by atoms with E-state index in [1.165, 1.54) is 11.1 Å². The number of hydrogen-bond donors (Lipinski definition) is 2. The molecule has 0 amide bonds. The number of unbranched alkanes of at least 4 members (excludes halogenated alkanes) is 1. The lowest BCUT2D eigenvalue weighted by atomic mass is 9.98. The molecule has 2 aliphatic rings. The average Bonchev–Trinajstić information content (AvgIpc) is 2.69. The number of rotatable bonds is 6. The average molecular weight is 381 g/mol. The van der Waals surface area contributed by atoms with Crippen molar-refractivity contribution in [2.45, 2.75) is 45.7 Å². The summed E-state index contributed by atoms with van der Waals surface area (Å²) in [7, 11) is 0. The summed E-state index contributed by atoms with van der Waals surface area (Å²) < 4.78 is 5.67. The van der Waals surface area contributed by atoms with Crippen LogP contribution in [0.2, 0.25) is 0 Å². The van der Waals surface area contributed by atoms with E-state index in [9.17, 15) is 4.79 Å². The number of ketones is 1. The zero-order valence-corrected chi connectivity index (χ0v) is 16.3. The van der Waals surface area contributed by atoms with Gasteiger partial charge in [-0.2, -0.15) is 9.97 Å². The van der Waals surface area contributed by atoms with Crippen LogP contribution < -0.4 is 20.7 Å². The number of hydrogen-bond acceptors (Lipinski definition) is 7. The number of ether oxygens (including phenoxy) is 1. The maximum atomic E-state index is 12.3. The molecule has 0 atom stereocenters. The molecule has 0 aliphatic carbocycles. The largest absolute Gasteiger partial charge is 0.463 e. The van der Waals surface area contributed by atoms with Crippen molar-refractivity contribution < 1.29 is 9.53 Å². The van der Waals surface area contributed by atoms with Crippen LogP contribution in [0.1, 0.15) is 42.0 Å². The quantitative estimate of drug-likeness (QED) is 0.739. The standard InChI is InChI=1S/C21H27N5O2/c1-2-3-8-28-21-24-19(22)18-10-17(27)13-26(20(18)25-21)12-14-4-5-15-6-7-23-11-16(15)9-14/h4-5,9,23H,2-3,6-8,10-13H2,1H3,(H2,22,24,25). The van der Waals surface area contributed by atoms with Gasteiger partial charge in [0, 0.05) is 25.1 Å². The highest BCUT2D eigenvalue weighted by atomic mass is 16.5. The summed E-state index contributed by atoms with van der Waals surface area (Å²) >= 11 is 0. The van der Waals surface area contributed by atoms with Crippen molar-refractivity contribution >= 4 is 17.4 Å². The van der Waals surface area contributed by atoms with Crippen molar-refractivity contribution in [1.82, 2.24) is 15.3 Å². The molecule has 0 spiro atoms. The third kappa shape index (κ3) is 3.94. The van der Waals surface area contributed by atoms with Gasteiger partial charge in [-0.25, -0.2) is 0 Å². The highest BCUT2D eigenvalue weighted by Crippen LogP contribution is 2.31. The van der Waals surface area contributed by atoms with E-state index in [1.807, 2.05) is 4.90 Å². The maximum absolute atomic E-state index is 12.3. The molecular formula is C21H27N5O2. The van der Waals surface area contributed by atoms with E-state index in [0.717, 1.165) is 43.7 Å². The fraction of sp³-hybridized carbons (Fsp3) is 0.476. The topological polar surface area (TPSA) is 93.4 Å². The SMILES string of the molecule is CCCCOc1nc(N)c2c(n1)N(Cc1ccc3c(c1)CNCC3)CC(=O)C2. The number of aromatic nitrogens is 2. The number of carbonyl (C=O) groups excluding carboxylic acids is 1. The van der Waals surface area contributed by atoms with Crippen molar-refractivity contribution in [1.29, 1.82) is 0 Å². The van der Waals surface area contributed by atoms with Crippen molar-refractivity contribution in [3.8, 4) is 6.01 Å². The van der Waals surface area contributed by atoms with Crippen LogP contribution in [0.15, 0.2) is 18.2 Å². The number of fused-ring (bicyclic) bond motifs is 2. The van der Waals surface area contributed by atoms with Crippen molar-refractivity contribution in [3.63, 3.8) is 0 Å². The molecule has 0 unspecified atom stereocenters. The molecular weight excluding hydrogens is 354 g/mol. The Morgan fingerprint density at radius 2 is 2.18 bits per heavy atom. The van der Waals surface area contributed by atoms with Crippen LogP contribution in [-0.4, -0.2) is 35.4 Å². The molecule has 3 heterocycles. The highest BCUT2D eigenvalue weighted by Gasteiger charge is 2.28. The lowest BCUT2D eigenvalue weighted by Gasteiger charge is -2.30. The molecule has 0 bridgehead atoms. The van der Waals surface area contributed by atoms with Crippen LogP contribution in [0, 0.1) is 0 Å². The Morgan fingerprint density at radius 3 is 3.04 bits per heavy atom. The second kappa shape index (κ2) is 8.14. The van der Waals surface area contributed by atoms with Gasteiger partial charge < -0.3 is 20.7 Å². The number of Topliss-reactive ketones (excluding diaryl/α,β-unsaturated/α-hetero) is 1. The number of anilines is 2. The minimum absolute atomic E-state index is 0.127. The minimum Gasteiger partial charge on any atom is -0.463 e. The van der Waals surface area contributed by atoms with Gasteiger partial charge in [-0.1, -0.05) is 31.5 Å². The van der Waals surface area contributed by atoms with Crippen LogP contribution in [0.4, 0.5) is 11.6 Å². The number of benzene rings is 1. The van der Waals surface area contributed by atoms with E-state index in [0.29, 0.717) is 37.1 Å². The van der Waals surface area contributed by atoms with Crippen molar-refractivity contribution in [2.75, 3.05) is 30.3 Å². The van der Waals surface area contributed by atoms with Gasteiger partial charge in [0.1, 0.15) is 11.6 Å². The Kier molecular flexibility index (Phi) is 5.43. The number of nitrogens with two attached hydrogens (primary N) is 1. The molecule has 7 heteroatoms. The molecule has 0 saturated heterocycles. The van der Waals surface area contributed by atoms with Crippen molar-refractivity contribution in [2.24, 2.45) is 0 Å². The molecule has 2 aliphatic heterocycles. The van der Waals surface area contributed by atoms with Crippen LogP contribution in [-0.2, 0) is 30.7 Å². The normalized spacial score (nSPS) is 15.9. The third-order valence-corrected chi connectivity index (χ3v) is 5.30. The van der Waals surface area contributed by atoms with Gasteiger partial charge in [0.25, 0.3) is 0 Å². The molecule has 3 N–H and O–H groups in total. The summed E-state index contributed by atoms with van der Waals surface area (Å²) in [6, 6.07) is 6.86. The number of carbonyl (C=O) groups is 1. The molecule has 7 nitrogen and oxygen atoms in total. The van der Waals surface area contributed by atoms with Gasteiger partial charge in [-0.3, -0.25) is 4.79 Å². The zero-order chi connectivity index (χ0) is 19.5. The van der Waals surface area contributed by atoms with Gasteiger partial charge in [-0.15, -0.1) is 0 Å².